The Bertz CT molecular complexity index is 1920. The van der Waals surface area contributed by atoms with E-state index < -0.39 is 12.7 Å². The topological polar surface area (TPSA) is 56.8 Å². The lowest BCUT2D eigenvalue weighted by Crippen LogP contribution is -2.20. The maximum atomic E-state index is 12.3. The number of furan rings is 2. The van der Waals surface area contributed by atoms with Crippen molar-refractivity contribution < 1.29 is 44.7 Å². The zero-order valence-electron chi connectivity index (χ0n) is 28.4. The summed E-state index contributed by atoms with van der Waals surface area (Å²) in [7, 11) is 0. The number of hydrogen-bond acceptors (Lipinski definition) is 5. The Balaban J connectivity index is 0.000000259. The van der Waals surface area contributed by atoms with Gasteiger partial charge < -0.3 is 23.6 Å². The molecule has 5 nitrogen and oxygen atoms in total. The van der Waals surface area contributed by atoms with Gasteiger partial charge in [-0.1, -0.05) is 49.4 Å². The molecule has 0 amide bonds. The molecule has 12 heteroatoms. The third-order valence-electron chi connectivity index (χ3n) is 7.91. The number of hydrogen-bond donors (Lipinski definition) is 1. The summed E-state index contributed by atoms with van der Waals surface area (Å²) in [5.74, 6) is 2.48. The number of ether oxygens (including phenoxy) is 2. The molecule has 2 aromatic heterocycles. The number of benzene rings is 2. The Hall–Kier alpha value is -4.87. The molecular formula is C40H38ClF6NO4. The van der Waals surface area contributed by atoms with Gasteiger partial charge in [0.15, 0.2) is 0 Å². The highest BCUT2D eigenvalue weighted by Gasteiger charge is 2.31. The second-order valence-corrected chi connectivity index (χ2v) is 11.8. The molecule has 0 radical (unpaired) electrons. The molecule has 0 aliphatic heterocycles. The standard InChI is InChI=1S/C26H24F3NO2.C14H13F3O2.ClH/c1-18(23-15-11-19-6-3-2-4-8-24(19)23)30-17-5-7-21-14-16-25(31-21)20-9-12-22(13-10-20)32-26(27,28)29;1-2-3-11-8-9-13(18-11)10-4-6-12(7-5-10)19-14(15,16)17;/h2-4,6,8-16,18,30H,5,7,17H2,1H3;4-9H,2-3H2,1H3;1H. The molecule has 276 valence electrons. The number of rotatable bonds is 12. The van der Waals surface area contributed by atoms with E-state index in [1.54, 1.807) is 12.1 Å². The predicted molar refractivity (Wildman–Crippen MR) is 191 cm³/mol. The van der Waals surface area contributed by atoms with E-state index in [1.807, 2.05) is 43.3 Å². The van der Waals surface area contributed by atoms with E-state index in [0.29, 0.717) is 17.1 Å². The second kappa shape index (κ2) is 18.1. The van der Waals surface area contributed by atoms with Gasteiger partial charge in [0, 0.05) is 30.0 Å². The van der Waals surface area contributed by atoms with E-state index in [-0.39, 0.29) is 29.9 Å². The number of nitrogens with one attached hydrogen (secondary N) is 1. The Kier molecular flexibility index (Phi) is 13.9. The Morgan fingerprint density at radius 2 is 1.10 bits per heavy atom. The largest absolute Gasteiger partial charge is 0.573 e. The van der Waals surface area contributed by atoms with Crippen molar-refractivity contribution in [3.05, 3.63) is 132 Å². The van der Waals surface area contributed by atoms with Crippen LogP contribution >= 0.6 is 12.4 Å². The first-order valence-corrected chi connectivity index (χ1v) is 16.5. The van der Waals surface area contributed by atoms with Gasteiger partial charge in [-0.15, -0.1) is 38.7 Å². The molecule has 1 atom stereocenters. The predicted octanol–water partition coefficient (Wildman–Crippen LogP) is 12.5. The van der Waals surface area contributed by atoms with Crippen LogP contribution in [-0.2, 0) is 12.8 Å². The fraction of sp³-hybridized carbons (Fsp3) is 0.250. The van der Waals surface area contributed by atoms with Crippen molar-refractivity contribution in [2.24, 2.45) is 0 Å². The van der Waals surface area contributed by atoms with Gasteiger partial charge in [-0.25, -0.2) is 0 Å². The van der Waals surface area contributed by atoms with Crippen LogP contribution in [0.15, 0.2) is 124 Å². The van der Waals surface area contributed by atoms with Gasteiger partial charge in [0.1, 0.15) is 34.5 Å². The van der Waals surface area contributed by atoms with Crippen LogP contribution in [0.3, 0.4) is 0 Å². The van der Waals surface area contributed by atoms with Gasteiger partial charge in [0.2, 0.25) is 0 Å². The average molecular weight is 746 g/mol. The average Bonchev–Trinajstić information content (AvgIpc) is 3.80. The molecule has 6 rings (SSSR count). The van der Waals surface area contributed by atoms with E-state index in [9.17, 15) is 26.3 Å². The number of halogens is 7. The van der Waals surface area contributed by atoms with Gasteiger partial charge in [-0.2, -0.15) is 0 Å². The number of alkyl halides is 6. The molecule has 1 N–H and O–H groups in total. The van der Waals surface area contributed by atoms with Crippen molar-refractivity contribution in [2.45, 2.75) is 58.3 Å². The molecular weight excluding hydrogens is 708 g/mol. The molecule has 0 saturated carbocycles. The van der Waals surface area contributed by atoms with Crippen LogP contribution < -0.4 is 14.8 Å². The SMILES string of the molecule is CC(NCCCc1ccc(-c2ccc(OC(F)(F)F)cc2)o1)c1ccc2cccccc1-2.CCCc1ccc(-c2ccc(OC(F)(F)F)cc2)o1.Cl. The highest BCUT2D eigenvalue weighted by atomic mass is 35.5. The van der Waals surface area contributed by atoms with Crippen molar-refractivity contribution >= 4 is 12.4 Å². The molecule has 0 bridgehead atoms. The molecule has 52 heavy (non-hydrogen) atoms. The van der Waals surface area contributed by atoms with Crippen molar-refractivity contribution in [1.29, 1.82) is 0 Å². The summed E-state index contributed by atoms with van der Waals surface area (Å²) in [4.78, 5) is 0. The lowest BCUT2D eigenvalue weighted by Gasteiger charge is -2.14. The normalized spacial score (nSPS) is 12.1. The highest BCUT2D eigenvalue weighted by Crippen LogP contribution is 2.32. The van der Waals surface area contributed by atoms with E-state index in [0.717, 1.165) is 49.3 Å². The summed E-state index contributed by atoms with van der Waals surface area (Å²) in [6.45, 7) is 5.05. The summed E-state index contributed by atoms with van der Waals surface area (Å²) >= 11 is 0. The molecule has 0 spiro atoms. The minimum Gasteiger partial charge on any atom is -0.461 e. The van der Waals surface area contributed by atoms with Gasteiger partial charge >= 0.3 is 12.7 Å². The third-order valence-corrected chi connectivity index (χ3v) is 7.91. The van der Waals surface area contributed by atoms with Gasteiger partial charge in [-0.3, -0.25) is 0 Å². The van der Waals surface area contributed by atoms with Gasteiger partial charge in [-0.05, 0) is 116 Å². The minimum absolute atomic E-state index is 0. The Morgan fingerprint density at radius 3 is 1.62 bits per heavy atom. The fourth-order valence-electron chi connectivity index (χ4n) is 5.53. The maximum absolute atomic E-state index is 12.3. The molecule has 2 aromatic carbocycles. The summed E-state index contributed by atoms with van der Waals surface area (Å²) in [6, 6.07) is 33.7. The molecule has 0 saturated heterocycles. The van der Waals surface area contributed by atoms with Crippen LogP contribution in [0.25, 0.3) is 33.8 Å². The van der Waals surface area contributed by atoms with Crippen molar-refractivity contribution in [3.63, 3.8) is 0 Å². The van der Waals surface area contributed by atoms with Crippen LogP contribution in [-0.4, -0.2) is 19.3 Å². The Morgan fingerprint density at radius 1 is 0.596 bits per heavy atom. The monoisotopic (exact) mass is 745 g/mol. The summed E-state index contributed by atoms with van der Waals surface area (Å²) in [5.41, 5.74) is 5.21. The molecule has 1 unspecified atom stereocenters. The van der Waals surface area contributed by atoms with Crippen LogP contribution in [0.4, 0.5) is 26.3 Å². The number of aryl methyl sites for hydroxylation is 2. The quantitative estimate of drug-likeness (QED) is 0.0998. The van der Waals surface area contributed by atoms with E-state index in [2.05, 4.69) is 52.0 Å². The zero-order valence-corrected chi connectivity index (χ0v) is 29.2. The number of fused-ring (bicyclic) bond motifs is 1. The first-order chi connectivity index (χ1) is 24.4. The van der Waals surface area contributed by atoms with Crippen molar-refractivity contribution in [2.75, 3.05) is 6.54 Å². The minimum atomic E-state index is -4.70. The third kappa shape index (κ3) is 11.8. The van der Waals surface area contributed by atoms with E-state index in [1.165, 1.54) is 53.1 Å². The molecule has 4 aromatic rings. The van der Waals surface area contributed by atoms with Gasteiger partial charge in [0.25, 0.3) is 0 Å². The van der Waals surface area contributed by atoms with Crippen LogP contribution in [0.5, 0.6) is 11.5 Å². The maximum Gasteiger partial charge on any atom is 0.573 e. The van der Waals surface area contributed by atoms with Crippen molar-refractivity contribution in [1.82, 2.24) is 5.32 Å². The lowest BCUT2D eigenvalue weighted by atomic mass is 10.0. The van der Waals surface area contributed by atoms with E-state index >= 15 is 0 Å². The van der Waals surface area contributed by atoms with Crippen molar-refractivity contribution in [3.8, 4) is 45.3 Å². The second-order valence-electron chi connectivity index (χ2n) is 11.8. The smallest absolute Gasteiger partial charge is 0.461 e. The Labute approximate surface area is 304 Å². The molecule has 0 fully saturated rings. The first kappa shape index (κ1) is 39.9. The fourth-order valence-corrected chi connectivity index (χ4v) is 5.53. The summed E-state index contributed by atoms with van der Waals surface area (Å²) in [5, 5.41) is 3.57. The summed E-state index contributed by atoms with van der Waals surface area (Å²) in [6.07, 6.45) is -5.87. The molecule has 2 aliphatic carbocycles. The van der Waals surface area contributed by atoms with Crippen LogP contribution in [0, 0.1) is 0 Å². The van der Waals surface area contributed by atoms with E-state index in [4.69, 9.17) is 8.83 Å². The lowest BCUT2D eigenvalue weighted by molar-refractivity contribution is -0.275. The summed E-state index contributed by atoms with van der Waals surface area (Å²) < 4.78 is 92.0. The van der Waals surface area contributed by atoms with Gasteiger partial charge in [0.05, 0.1) is 0 Å². The molecule has 2 heterocycles. The molecule has 2 aliphatic rings. The van der Waals surface area contributed by atoms with Crippen LogP contribution in [0.1, 0.15) is 49.8 Å². The zero-order chi connectivity index (χ0) is 36.4. The highest BCUT2D eigenvalue weighted by molar-refractivity contribution is 5.85. The first-order valence-electron chi connectivity index (χ1n) is 16.5. The van der Waals surface area contributed by atoms with Crippen LogP contribution in [0.2, 0.25) is 0 Å².